The Bertz CT molecular complexity index is 1560. The first-order valence-electron chi connectivity index (χ1n) is 15.3. The van der Waals surface area contributed by atoms with E-state index in [1.54, 1.807) is 42.7 Å². The number of piperidine rings is 2. The van der Waals surface area contributed by atoms with E-state index in [0.29, 0.717) is 31.5 Å². The summed E-state index contributed by atoms with van der Waals surface area (Å²) in [5.41, 5.74) is 1.95. The Morgan fingerprint density at radius 1 is 0.844 bits per heavy atom. The van der Waals surface area contributed by atoms with E-state index in [2.05, 4.69) is 5.32 Å². The molecule has 1 unspecified atom stereocenters. The van der Waals surface area contributed by atoms with Gasteiger partial charge in [-0.15, -0.1) is 0 Å². The third kappa shape index (κ3) is 7.30. The van der Waals surface area contributed by atoms with Crippen LogP contribution in [0.3, 0.4) is 0 Å². The molecular weight excluding hydrogens is 570 g/mol. The maximum atomic E-state index is 14.1. The number of rotatable bonds is 7. The molecule has 3 amide bonds. The number of benzene rings is 3. The minimum absolute atomic E-state index is 0.0151. The van der Waals surface area contributed by atoms with E-state index in [4.69, 9.17) is 4.74 Å². The number of carbonyl (C=O) groups excluding carboxylic acids is 5. The molecule has 5 rings (SSSR count). The van der Waals surface area contributed by atoms with Crippen molar-refractivity contribution in [1.82, 2.24) is 15.1 Å². The van der Waals surface area contributed by atoms with Gasteiger partial charge in [0.1, 0.15) is 12.1 Å². The van der Waals surface area contributed by atoms with Crippen molar-refractivity contribution < 1.29 is 28.7 Å². The number of Topliss-reactive ketones (excluding diaryl/α,β-unsaturated/α-hetero) is 1. The SMILES string of the molecule is CC(C)(C)OC(=O)CNC(=O)C1C(=O)CC2(CCN(C(=O)c3ccccc3)CC2)N(Cc2ccc(-c3ccccc3)cc2)C1=O. The molecule has 0 saturated carbocycles. The predicted molar refractivity (Wildman–Crippen MR) is 169 cm³/mol. The number of nitrogens with zero attached hydrogens (tertiary/aromatic N) is 2. The van der Waals surface area contributed by atoms with Crippen molar-refractivity contribution in [2.75, 3.05) is 19.6 Å². The monoisotopic (exact) mass is 609 g/mol. The summed E-state index contributed by atoms with van der Waals surface area (Å²) in [6, 6.07) is 26.8. The number of carbonyl (C=O) groups is 5. The van der Waals surface area contributed by atoms with Gasteiger partial charge in [-0.3, -0.25) is 24.0 Å². The van der Waals surface area contributed by atoms with Crippen molar-refractivity contribution in [3.63, 3.8) is 0 Å². The first-order chi connectivity index (χ1) is 21.5. The topological polar surface area (TPSA) is 113 Å². The van der Waals surface area contributed by atoms with Crippen LogP contribution < -0.4 is 5.32 Å². The molecule has 45 heavy (non-hydrogen) atoms. The van der Waals surface area contributed by atoms with Crippen LogP contribution in [0.4, 0.5) is 0 Å². The number of nitrogens with one attached hydrogen (secondary N) is 1. The highest BCUT2D eigenvalue weighted by atomic mass is 16.6. The van der Waals surface area contributed by atoms with Gasteiger partial charge in [-0.25, -0.2) is 0 Å². The minimum Gasteiger partial charge on any atom is -0.459 e. The lowest BCUT2D eigenvalue weighted by molar-refractivity contribution is -0.163. The first-order valence-corrected chi connectivity index (χ1v) is 15.3. The zero-order valence-corrected chi connectivity index (χ0v) is 26.0. The van der Waals surface area contributed by atoms with Crippen LogP contribution in [0.2, 0.25) is 0 Å². The third-order valence-corrected chi connectivity index (χ3v) is 8.40. The molecule has 0 aromatic heterocycles. The maximum absolute atomic E-state index is 14.1. The van der Waals surface area contributed by atoms with Gasteiger partial charge in [0.2, 0.25) is 11.8 Å². The number of hydrogen-bond acceptors (Lipinski definition) is 6. The van der Waals surface area contributed by atoms with Gasteiger partial charge >= 0.3 is 5.97 Å². The number of amides is 3. The molecule has 2 saturated heterocycles. The Labute approximate surface area is 263 Å². The zero-order valence-electron chi connectivity index (χ0n) is 26.0. The van der Waals surface area contributed by atoms with E-state index in [-0.39, 0.29) is 18.9 Å². The van der Waals surface area contributed by atoms with Crippen molar-refractivity contribution in [2.45, 2.75) is 57.7 Å². The molecular formula is C36H39N3O6. The lowest BCUT2D eigenvalue weighted by atomic mass is 9.74. The van der Waals surface area contributed by atoms with Crippen LogP contribution in [-0.4, -0.2) is 70.0 Å². The Balaban J connectivity index is 1.37. The molecule has 2 aliphatic heterocycles. The van der Waals surface area contributed by atoms with Crippen molar-refractivity contribution in [3.8, 4) is 11.1 Å². The summed E-state index contributed by atoms with van der Waals surface area (Å²) in [6.07, 6.45) is 0.785. The summed E-state index contributed by atoms with van der Waals surface area (Å²) in [6.45, 7) is 5.62. The fraction of sp³-hybridized carbons (Fsp3) is 0.361. The fourth-order valence-electron chi connectivity index (χ4n) is 6.14. The van der Waals surface area contributed by atoms with E-state index in [9.17, 15) is 24.0 Å². The summed E-state index contributed by atoms with van der Waals surface area (Å²) in [4.78, 5) is 69.6. The van der Waals surface area contributed by atoms with E-state index in [1.165, 1.54) is 0 Å². The summed E-state index contributed by atoms with van der Waals surface area (Å²) < 4.78 is 5.26. The second-order valence-electron chi connectivity index (χ2n) is 12.8. The van der Waals surface area contributed by atoms with E-state index < -0.39 is 47.2 Å². The lowest BCUT2D eigenvalue weighted by Gasteiger charge is -2.52. The second kappa shape index (κ2) is 13.1. The summed E-state index contributed by atoms with van der Waals surface area (Å²) in [5, 5.41) is 2.44. The molecule has 3 aromatic rings. The largest absolute Gasteiger partial charge is 0.459 e. The van der Waals surface area contributed by atoms with Gasteiger partial charge in [0.25, 0.3) is 5.91 Å². The van der Waals surface area contributed by atoms with Crippen LogP contribution in [0, 0.1) is 5.92 Å². The highest BCUT2D eigenvalue weighted by Gasteiger charge is 2.54. The average Bonchev–Trinajstić information content (AvgIpc) is 3.02. The Hall–Kier alpha value is -4.79. The molecule has 2 aliphatic rings. The Kier molecular flexibility index (Phi) is 9.18. The number of ether oxygens (including phenoxy) is 1. The zero-order chi connectivity index (χ0) is 32.2. The molecule has 0 radical (unpaired) electrons. The van der Waals surface area contributed by atoms with Gasteiger partial charge < -0.3 is 19.9 Å². The standard InChI is InChI=1S/C36H39N3O6/c1-35(2,3)45-30(41)23-37-32(42)31-29(40)22-36(18-20-38(21-19-36)33(43)28-12-8-5-9-13-28)39(34(31)44)24-25-14-16-27(17-15-25)26-10-6-4-7-11-26/h4-17,31H,18-24H2,1-3H3,(H,37,42). The van der Waals surface area contributed by atoms with Crippen molar-refractivity contribution in [3.05, 3.63) is 96.1 Å². The van der Waals surface area contributed by atoms with Gasteiger partial charge in [-0.2, -0.15) is 0 Å². The van der Waals surface area contributed by atoms with Crippen LogP contribution in [0.15, 0.2) is 84.9 Å². The van der Waals surface area contributed by atoms with E-state index in [1.807, 2.05) is 72.8 Å². The van der Waals surface area contributed by atoms with Crippen LogP contribution in [-0.2, 0) is 30.5 Å². The Morgan fingerprint density at radius 3 is 2.02 bits per heavy atom. The summed E-state index contributed by atoms with van der Waals surface area (Å²) in [7, 11) is 0. The maximum Gasteiger partial charge on any atom is 0.325 e. The van der Waals surface area contributed by atoms with Crippen molar-refractivity contribution >= 4 is 29.5 Å². The van der Waals surface area contributed by atoms with Gasteiger partial charge in [-0.05, 0) is 62.4 Å². The molecule has 9 nitrogen and oxygen atoms in total. The highest BCUT2D eigenvalue weighted by molar-refractivity contribution is 6.20. The number of esters is 1. The molecule has 1 atom stereocenters. The molecule has 2 fully saturated rings. The normalized spacial score (nSPS) is 18.1. The summed E-state index contributed by atoms with van der Waals surface area (Å²) >= 11 is 0. The van der Waals surface area contributed by atoms with Crippen molar-refractivity contribution in [2.24, 2.45) is 5.92 Å². The van der Waals surface area contributed by atoms with Crippen LogP contribution in [0.1, 0.15) is 56.0 Å². The Morgan fingerprint density at radius 2 is 1.42 bits per heavy atom. The van der Waals surface area contributed by atoms with Gasteiger partial charge in [0.05, 0.1) is 5.54 Å². The number of likely N-dealkylation sites (tertiary alicyclic amines) is 2. The first kappa shape index (κ1) is 31.6. The van der Waals surface area contributed by atoms with Crippen LogP contribution >= 0.6 is 0 Å². The number of ketones is 1. The quantitative estimate of drug-likeness (QED) is 0.314. The van der Waals surface area contributed by atoms with Gasteiger partial charge in [-0.1, -0.05) is 72.8 Å². The summed E-state index contributed by atoms with van der Waals surface area (Å²) in [5.74, 6) is -4.21. The molecule has 2 heterocycles. The average molecular weight is 610 g/mol. The number of hydrogen-bond donors (Lipinski definition) is 1. The molecule has 3 aromatic carbocycles. The molecule has 1 N–H and O–H groups in total. The third-order valence-electron chi connectivity index (χ3n) is 8.40. The second-order valence-corrected chi connectivity index (χ2v) is 12.8. The molecule has 1 spiro atoms. The minimum atomic E-state index is -1.56. The van der Waals surface area contributed by atoms with Crippen molar-refractivity contribution in [1.29, 1.82) is 0 Å². The smallest absolute Gasteiger partial charge is 0.325 e. The van der Waals surface area contributed by atoms with Crippen LogP contribution in [0.5, 0.6) is 0 Å². The lowest BCUT2D eigenvalue weighted by Crippen LogP contribution is -2.65. The molecule has 0 aliphatic carbocycles. The van der Waals surface area contributed by atoms with Gasteiger partial charge in [0, 0.05) is 31.6 Å². The highest BCUT2D eigenvalue weighted by Crippen LogP contribution is 2.40. The fourth-order valence-corrected chi connectivity index (χ4v) is 6.14. The molecule has 0 bridgehead atoms. The van der Waals surface area contributed by atoms with E-state index in [0.717, 1.165) is 16.7 Å². The predicted octanol–water partition coefficient (Wildman–Crippen LogP) is 4.40. The van der Waals surface area contributed by atoms with E-state index >= 15 is 0 Å². The van der Waals surface area contributed by atoms with Crippen LogP contribution in [0.25, 0.3) is 11.1 Å². The van der Waals surface area contributed by atoms with Gasteiger partial charge in [0.15, 0.2) is 11.7 Å². The molecule has 9 heteroatoms. The molecule has 234 valence electrons.